The fourth-order valence-corrected chi connectivity index (χ4v) is 1.02. The Morgan fingerprint density at radius 1 is 1.33 bits per heavy atom. The van der Waals surface area contributed by atoms with Crippen LogP contribution < -0.4 is 0 Å². The molecule has 0 amide bonds. The van der Waals surface area contributed by atoms with E-state index >= 15 is 0 Å². The average Bonchev–Trinajstić information content (AvgIpc) is 1.98. The maximum absolute atomic E-state index is 10.8. The lowest BCUT2D eigenvalue weighted by molar-refractivity contribution is -0.143. The fraction of sp³-hybridized carbons (Fsp3) is 0.857. The standard InChI is InChI=1S/C7H12O2/c1-4-5(2)7(8)9-6(4)3/h4-6H,1-3H3. The van der Waals surface area contributed by atoms with Gasteiger partial charge in [-0.05, 0) is 6.92 Å². The number of rotatable bonds is 0. The number of carbonyl (C=O) groups is 1. The number of hydrogen-bond donors (Lipinski definition) is 0. The third kappa shape index (κ3) is 0.934. The Labute approximate surface area is 55.2 Å². The van der Waals surface area contributed by atoms with Gasteiger partial charge in [0.25, 0.3) is 0 Å². The highest BCUT2D eigenvalue weighted by atomic mass is 16.6. The highest BCUT2D eigenvalue weighted by Crippen LogP contribution is 2.26. The first-order chi connectivity index (χ1) is 4.13. The van der Waals surface area contributed by atoms with Gasteiger partial charge in [0, 0.05) is 5.92 Å². The summed E-state index contributed by atoms with van der Waals surface area (Å²) in [6.07, 6.45) is 0.118. The Bertz CT molecular complexity index is 131. The second-order valence-electron chi connectivity index (χ2n) is 2.79. The second-order valence-corrected chi connectivity index (χ2v) is 2.79. The first-order valence-corrected chi connectivity index (χ1v) is 3.33. The van der Waals surface area contributed by atoms with E-state index in [-0.39, 0.29) is 18.0 Å². The molecule has 0 saturated carbocycles. The Morgan fingerprint density at radius 2 is 1.89 bits per heavy atom. The molecule has 9 heavy (non-hydrogen) atoms. The van der Waals surface area contributed by atoms with E-state index in [1.165, 1.54) is 0 Å². The fourth-order valence-electron chi connectivity index (χ4n) is 1.02. The summed E-state index contributed by atoms with van der Waals surface area (Å²) in [5, 5.41) is 0. The highest BCUT2D eigenvalue weighted by molar-refractivity contribution is 5.74. The van der Waals surface area contributed by atoms with Gasteiger partial charge in [-0.15, -0.1) is 0 Å². The molecule has 0 aromatic rings. The van der Waals surface area contributed by atoms with E-state index in [9.17, 15) is 4.79 Å². The number of esters is 1. The molecule has 0 aromatic carbocycles. The zero-order valence-corrected chi connectivity index (χ0v) is 6.05. The Kier molecular flexibility index (Phi) is 1.47. The summed E-state index contributed by atoms with van der Waals surface area (Å²) in [6, 6.07) is 0. The van der Waals surface area contributed by atoms with Gasteiger partial charge >= 0.3 is 5.97 Å². The van der Waals surface area contributed by atoms with E-state index in [1.807, 2.05) is 20.8 Å². The van der Waals surface area contributed by atoms with E-state index in [0.29, 0.717) is 5.92 Å². The molecule has 1 aliphatic rings. The largest absolute Gasteiger partial charge is 0.462 e. The SMILES string of the molecule is CC1OC(=O)C(C)C1C. The normalized spacial score (nSPS) is 43.0. The Morgan fingerprint density at radius 3 is 2.00 bits per heavy atom. The Balaban J connectivity index is 2.65. The number of ether oxygens (including phenoxy) is 1. The van der Waals surface area contributed by atoms with Crippen LogP contribution in [0.5, 0.6) is 0 Å². The van der Waals surface area contributed by atoms with Gasteiger partial charge in [0.05, 0.1) is 5.92 Å². The number of hydrogen-bond acceptors (Lipinski definition) is 2. The third-order valence-electron chi connectivity index (χ3n) is 2.20. The molecule has 1 aliphatic heterocycles. The van der Waals surface area contributed by atoms with Gasteiger partial charge in [0.1, 0.15) is 6.10 Å². The molecular weight excluding hydrogens is 116 g/mol. The van der Waals surface area contributed by atoms with Crippen LogP contribution in [0.15, 0.2) is 0 Å². The van der Waals surface area contributed by atoms with Crippen molar-refractivity contribution in [3.8, 4) is 0 Å². The van der Waals surface area contributed by atoms with Crippen LogP contribution in [-0.2, 0) is 9.53 Å². The molecule has 0 radical (unpaired) electrons. The summed E-state index contributed by atoms with van der Waals surface area (Å²) in [5.74, 6) is 0.438. The minimum atomic E-state index is -0.0463. The second kappa shape index (κ2) is 2.01. The van der Waals surface area contributed by atoms with E-state index in [1.54, 1.807) is 0 Å². The van der Waals surface area contributed by atoms with Crippen molar-refractivity contribution in [3.05, 3.63) is 0 Å². The minimum Gasteiger partial charge on any atom is -0.462 e. The van der Waals surface area contributed by atoms with Crippen molar-refractivity contribution in [2.45, 2.75) is 26.9 Å². The lowest BCUT2D eigenvalue weighted by Crippen LogP contribution is -2.11. The van der Waals surface area contributed by atoms with Crippen LogP contribution in [0.1, 0.15) is 20.8 Å². The van der Waals surface area contributed by atoms with Crippen molar-refractivity contribution in [1.82, 2.24) is 0 Å². The van der Waals surface area contributed by atoms with Crippen LogP contribution in [0, 0.1) is 11.8 Å². The van der Waals surface area contributed by atoms with Crippen LogP contribution in [0.3, 0.4) is 0 Å². The molecule has 52 valence electrons. The van der Waals surface area contributed by atoms with Gasteiger partial charge in [0.15, 0.2) is 0 Å². The first-order valence-electron chi connectivity index (χ1n) is 3.33. The van der Waals surface area contributed by atoms with E-state index in [4.69, 9.17) is 4.74 Å². The Hall–Kier alpha value is -0.530. The highest BCUT2D eigenvalue weighted by Gasteiger charge is 2.35. The monoisotopic (exact) mass is 128 g/mol. The molecule has 0 N–H and O–H groups in total. The molecule has 3 atom stereocenters. The van der Waals surface area contributed by atoms with E-state index < -0.39 is 0 Å². The van der Waals surface area contributed by atoms with Crippen LogP contribution in [0.4, 0.5) is 0 Å². The first kappa shape index (κ1) is 6.59. The quantitative estimate of drug-likeness (QED) is 0.458. The summed E-state index contributed by atoms with van der Waals surface area (Å²) in [7, 11) is 0. The maximum atomic E-state index is 10.8. The zero-order valence-electron chi connectivity index (χ0n) is 6.05. The molecule has 1 fully saturated rings. The predicted octanol–water partition coefficient (Wildman–Crippen LogP) is 1.20. The molecule has 0 bridgehead atoms. The summed E-state index contributed by atoms with van der Waals surface area (Å²) in [6.45, 7) is 5.89. The molecule has 0 aliphatic carbocycles. The molecular formula is C7H12O2. The summed E-state index contributed by atoms with van der Waals surface area (Å²) in [4.78, 5) is 10.8. The predicted molar refractivity (Wildman–Crippen MR) is 33.9 cm³/mol. The molecule has 3 unspecified atom stereocenters. The van der Waals surface area contributed by atoms with Crippen LogP contribution >= 0.6 is 0 Å². The maximum Gasteiger partial charge on any atom is 0.309 e. The van der Waals surface area contributed by atoms with Crippen LogP contribution in [0.2, 0.25) is 0 Å². The van der Waals surface area contributed by atoms with Crippen LogP contribution in [0.25, 0.3) is 0 Å². The van der Waals surface area contributed by atoms with Gasteiger partial charge in [-0.3, -0.25) is 4.79 Å². The van der Waals surface area contributed by atoms with E-state index in [2.05, 4.69) is 0 Å². The van der Waals surface area contributed by atoms with Crippen molar-refractivity contribution in [3.63, 3.8) is 0 Å². The summed E-state index contributed by atoms with van der Waals surface area (Å²) in [5.41, 5.74) is 0. The van der Waals surface area contributed by atoms with Gasteiger partial charge in [0.2, 0.25) is 0 Å². The van der Waals surface area contributed by atoms with Crippen LogP contribution in [-0.4, -0.2) is 12.1 Å². The average molecular weight is 128 g/mol. The topological polar surface area (TPSA) is 26.3 Å². The van der Waals surface area contributed by atoms with Gasteiger partial charge in [-0.25, -0.2) is 0 Å². The minimum absolute atomic E-state index is 0.0463. The van der Waals surface area contributed by atoms with Gasteiger partial charge < -0.3 is 4.74 Å². The van der Waals surface area contributed by atoms with Crippen molar-refractivity contribution in [2.24, 2.45) is 11.8 Å². The summed E-state index contributed by atoms with van der Waals surface area (Å²) < 4.78 is 4.95. The van der Waals surface area contributed by atoms with Crippen molar-refractivity contribution in [2.75, 3.05) is 0 Å². The van der Waals surface area contributed by atoms with Crippen molar-refractivity contribution >= 4 is 5.97 Å². The lowest BCUT2D eigenvalue weighted by atomic mass is 9.95. The van der Waals surface area contributed by atoms with E-state index in [0.717, 1.165) is 0 Å². The number of cyclic esters (lactones) is 1. The molecule has 1 heterocycles. The third-order valence-corrected chi connectivity index (χ3v) is 2.20. The zero-order chi connectivity index (χ0) is 7.02. The molecule has 0 aromatic heterocycles. The lowest BCUT2D eigenvalue weighted by Gasteiger charge is -2.06. The smallest absolute Gasteiger partial charge is 0.309 e. The molecule has 2 nitrogen and oxygen atoms in total. The molecule has 1 rings (SSSR count). The van der Waals surface area contributed by atoms with Crippen molar-refractivity contribution in [1.29, 1.82) is 0 Å². The molecule has 1 saturated heterocycles. The van der Waals surface area contributed by atoms with Gasteiger partial charge in [-0.1, -0.05) is 13.8 Å². The molecule has 2 heteroatoms. The van der Waals surface area contributed by atoms with Crippen molar-refractivity contribution < 1.29 is 9.53 Å². The number of carbonyl (C=O) groups excluding carboxylic acids is 1. The van der Waals surface area contributed by atoms with Gasteiger partial charge in [-0.2, -0.15) is 0 Å². The molecule has 0 spiro atoms. The summed E-state index contributed by atoms with van der Waals surface area (Å²) >= 11 is 0.